The van der Waals surface area contributed by atoms with Crippen LogP contribution in [0.3, 0.4) is 0 Å². The minimum absolute atomic E-state index is 0.0150. The number of nitrogens with zero attached hydrogens (tertiary/aromatic N) is 2. The Kier molecular flexibility index (Phi) is 7.11. The van der Waals surface area contributed by atoms with E-state index in [2.05, 4.69) is 5.32 Å². The molecule has 2 aromatic carbocycles. The van der Waals surface area contributed by atoms with Crippen LogP contribution in [-0.2, 0) is 19.6 Å². The molecule has 0 heterocycles. The number of non-ortho nitro benzene ring substituents is 1. The third-order valence-corrected chi connectivity index (χ3v) is 5.18. The zero-order valence-corrected chi connectivity index (χ0v) is 17.4. The number of rotatable bonds is 8. The van der Waals surface area contributed by atoms with E-state index in [4.69, 9.17) is 4.74 Å². The average Bonchev–Trinajstić information content (AvgIpc) is 2.67. The van der Waals surface area contributed by atoms with Crippen LogP contribution >= 0.6 is 0 Å². The van der Waals surface area contributed by atoms with Gasteiger partial charge < -0.3 is 10.1 Å². The molecule has 30 heavy (non-hydrogen) atoms. The van der Waals surface area contributed by atoms with E-state index in [1.165, 1.54) is 24.3 Å². The molecule has 0 unspecified atom stereocenters. The first-order valence-electron chi connectivity index (χ1n) is 8.82. The number of sulfonamides is 1. The Labute approximate surface area is 173 Å². The fourth-order valence-corrected chi connectivity index (χ4v) is 3.43. The first kappa shape index (κ1) is 22.8. The molecule has 10 nitrogen and oxygen atoms in total. The second-order valence-corrected chi connectivity index (χ2v) is 8.25. The van der Waals surface area contributed by atoms with Gasteiger partial charge in [-0.1, -0.05) is 12.1 Å². The van der Waals surface area contributed by atoms with Gasteiger partial charge in [-0.25, -0.2) is 13.2 Å². The van der Waals surface area contributed by atoms with Crippen molar-refractivity contribution in [1.82, 2.24) is 0 Å². The van der Waals surface area contributed by atoms with Gasteiger partial charge in [0, 0.05) is 17.8 Å². The summed E-state index contributed by atoms with van der Waals surface area (Å²) in [7, 11) is -3.91. The SMILES string of the molecule is CCOC(=O)c1ccc(C)c(NC(=O)CN(c2cccc([N+](=O)[O-])c2)S(C)(=O)=O)c1. The number of hydrogen-bond acceptors (Lipinski definition) is 7. The number of amides is 1. The third kappa shape index (κ3) is 5.77. The minimum Gasteiger partial charge on any atom is -0.462 e. The Morgan fingerprint density at radius 1 is 1.20 bits per heavy atom. The summed E-state index contributed by atoms with van der Waals surface area (Å²) < 4.78 is 30.1. The van der Waals surface area contributed by atoms with E-state index in [0.29, 0.717) is 11.3 Å². The van der Waals surface area contributed by atoms with Crippen LogP contribution in [0, 0.1) is 17.0 Å². The quantitative estimate of drug-likeness (QED) is 0.382. The van der Waals surface area contributed by atoms with E-state index < -0.39 is 33.4 Å². The van der Waals surface area contributed by atoms with Gasteiger partial charge in [-0.2, -0.15) is 0 Å². The number of carbonyl (C=O) groups excluding carboxylic acids is 2. The number of nitro groups is 1. The Hall–Kier alpha value is -3.47. The van der Waals surface area contributed by atoms with E-state index in [-0.39, 0.29) is 23.5 Å². The second kappa shape index (κ2) is 9.35. The molecule has 0 spiro atoms. The Balaban J connectivity index is 2.28. The number of esters is 1. The van der Waals surface area contributed by atoms with E-state index in [9.17, 15) is 28.1 Å². The molecular weight excluding hydrogens is 414 g/mol. The highest BCUT2D eigenvalue weighted by molar-refractivity contribution is 7.92. The van der Waals surface area contributed by atoms with Gasteiger partial charge in [-0.15, -0.1) is 0 Å². The van der Waals surface area contributed by atoms with Crippen molar-refractivity contribution in [3.05, 3.63) is 63.7 Å². The van der Waals surface area contributed by atoms with Crippen molar-refractivity contribution in [2.24, 2.45) is 0 Å². The Morgan fingerprint density at radius 3 is 2.50 bits per heavy atom. The first-order valence-corrected chi connectivity index (χ1v) is 10.7. The lowest BCUT2D eigenvalue weighted by Gasteiger charge is -2.22. The maximum atomic E-state index is 12.6. The highest BCUT2D eigenvalue weighted by Crippen LogP contribution is 2.24. The molecule has 2 aromatic rings. The van der Waals surface area contributed by atoms with Gasteiger partial charge in [0.2, 0.25) is 15.9 Å². The molecular formula is C19H21N3O7S. The van der Waals surface area contributed by atoms with Crippen molar-refractivity contribution in [3.8, 4) is 0 Å². The van der Waals surface area contributed by atoms with Gasteiger partial charge in [0.15, 0.2) is 0 Å². The second-order valence-electron chi connectivity index (χ2n) is 6.34. The molecule has 0 radical (unpaired) electrons. The zero-order chi connectivity index (χ0) is 22.5. The number of anilines is 2. The van der Waals surface area contributed by atoms with Crippen molar-refractivity contribution >= 4 is 39.0 Å². The molecule has 160 valence electrons. The standard InChI is InChI=1S/C19H21N3O7S/c1-4-29-19(24)14-9-8-13(2)17(10-14)20-18(23)12-21(30(3,27)28)15-6-5-7-16(11-15)22(25)26/h5-11H,4,12H2,1-3H3,(H,20,23). The fourth-order valence-electron chi connectivity index (χ4n) is 2.58. The maximum Gasteiger partial charge on any atom is 0.338 e. The smallest absolute Gasteiger partial charge is 0.338 e. The normalized spacial score (nSPS) is 10.9. The van der Waals surface area contributed by atoms with Gasteiger partial charge in [-0.05, 0) is 37.6 Å². The van der Waals surface area contributed by atoms with Gasteiger partial charge in [0.05, 0.1) is 29.0 Å². The average molecular weight is 435 g/mol. The van der Waals surface area contributed by atoms with Crippen LogP contribution < -0.4 is 9.62 Å². The van der Waals surface area contributed by atoms with Crippen molar-refractivity contribution in [2.45, 2.75) is 13.8 Å². The van der Waals surface area contributed by atoms with E-state index in [1.807, 2.05) is 0 Å². The van der Waals surface area contributed by atoms with E-state index >= 15 is 0 Å². The molecule has 0 atom stereocenters. The maximum absolute atomic E-state index is 12.6. The van der Waals surface area contributed by atoms with Crippen LogP contribution in [0.1, 0.15) is 22.8 Å². The monoisotopic (exact) mass is 435 g/mol. The third-order valence-electron chi connectivity index (χ3n) is 4.04. The van der Waals surface area contributed by atoms with E-state index in [0.717, 1.165) is 16.6 Å². The summed E-state index contributed by atoms with van der Waals surface area (Å²) in [6, 6.07) is 9.58. The summed E-state index contributed by atoms with van der Waals surface area (Å²) in [6.07, 6.45) is 0.895. The molecule has 0 aliphatic heterocycles. The minimum atomic E-state index is -3.91. The fraction of sp³-hybridized carbons (Fsp3) is 0.263. The molecule has 2 rings (SSSR count). The van der Waals surface area contributed by atoms with Crippen molar-refractivity contribution in [1.29, 1.82) is 0 Å². The van der Waals surface area contributed by atoms with Crippen LogP contribution in [0.15, 0.2) is 42.5 Å². The number of carbonyl (C=O) groups is 2. The molecule has 0 bridgehead atoms. The van der Waals surface area contributed by atoms with Crippen LogP contribution in [0.25, 0.3) is 0 Å². The summed E-state index contributed by atoms with van der Waals surface area (Å²) in [5.41, 5.74) is 0.880. The Morgan fingerprint density at radius 2 is 1.90 bits per heavy atom. The summed E-state index contributed by atoms with van der Waals surface area (Å²) in [5, 5.41) is 13.6. The topological polar surface area (TPSA) is 136 Å². The summed E-state index contributed by atoms with van der Waals surface area (Å²) >= 11 is 0. The predicted molar refractivity (Wildman–Crippen MR) is 111 cm³/mol. The lowest BCUT2D eigenvalue weighted by molar-refractivity contribution is -0.384. The number of hydrogen-bond donors (Lipinski definition) is 1. The molecule has 0 aromatic heterocycles. The number of aryl methyl sites for hydroxylation is 1. The molecule has 0 aliphatic rings. The molecule has 1 amide bonds. The van der Waals surface area contributed by atoms with Gasteiger partial charge >= 0.3 is 5.97 Å². The first-order chi connectivity index (χ1) is 14.0. The predicted octanol–water partition coefficient (Wildman–Crippen LogP) is 2.48. The van der Waals surface area contributed by atoms with Crippen LogP contribution in [0.4, 0.5) is 17.1 Å². The van der Waals surface area contributed by atoms with Gasteiger partial charge in [0.1, 0.15) is 6.54 Å². The summed E-state index contributed by atoms with van der Waals surface area (Å²) in [4.78, 5) is 34.8. The van der Waals surface area contributed by atoms with Gasteiger partial charge in [0.25, 0.3) is 5.69 Å². The highest BCUT2D eigenvalue weighted by Gasteiger charge is 2.23. The number of benzene rings is 2. The number of nitrogens with one attached hydrogen (secondary N) is 1. The molecule has 0 saturated heterocycles. The highest BCUT2D eigenvalue weighted by atomic mass is 32.2. The van der Waals surface area contributed by atoms with Crippen LogP contribution in [0.2, 0.25) is 0 Å². The lowest BCUT2D eigenvalue weighted by Crippen LogP contribution is -2.37. The number of ether oxygens (including phenoxy) is 1. The molecule has 0 fully saturated rings. The van der Waals surface area contributed by atoms with Gasteiger partial charge in [-0.3, -0.25) is 19.2 Å². The number of nitro benzene ring substituents is 1. The van der Waals surface area contributed by atoms with E-state index in [1.54, 1.807) is 26.0 Å². The summed E-state index contributed by atoms with van der Waals surface area (Å²) in [6.45, 7) is 2.96. The largest absolute Gasteiger partial charge is 0.462 e. The molecule has 0 saturated carbocycles. The van der Waals surface area contributed by atoms with Crippen molar-refractivity contribution in [3.63, 3.8) is 0 Å². The molecule has 1 N–H and O–H groups in total. The van der Waals surface area contributed by atoms with Crippen molar-refractivity contribution < 1.29 is 27.7 Å². The Bertz CT molecular complexity index is 1080. The van der Waals surface area contributed by atoms with Crippen LogP contribution in [-0.4, -0.2) is 44.6 Å². The molecule has 0 aliphatic carbocycles. The lowest BCUT2D eigenvalue weighted by atomic mass is 10.1. The zero-order valence-electron chi connectivity index (χ0n) is 16.6. The molecule has 11 heteroatoms. The van der Waals surface area contributed by atoms with Crippen LogP contribution in [0.5, 0.6) is 0 Å². The van der Waals surface area contributed by atoms with Crippen molar-refractivity contribution in [2.75, 3.05) is 29.0 Å². The summed E-state index contributed by atoms with van der Waals surface area (Å²) in [5.74, 6) is -1.24.